The van der Waals surface area contributed by atoms with Crippen molar-refractivity contribution in [1.29, 1.82) is 0 Å². The van der Waals surface area contributed by atoms with Crippen LogP contribution in [0.2, 0.25) is 26.2 Å². The molecule has 1 unspecified atom stereocenters. The van der Waals surface area contributed by atoms with Crippen molar-refractivity contribution in [3.63, 3.8) is 0 Å². The van der Waals surface area contributed by atoms with Crippen molar-refractivity contribution in [2.24, 2.45) is 0 Å². The normalized spacial score (nSPS) is 19.5. The Morgan fingerprint density at radius 3 is 2.32 bits per heavy atom. The lowest BCUT2D eigenvalue weighted by molar-refractivity contribution is -0.137. The molecule has 0 amide bonds. The molecular formula is C23H35NO7SSi2. The van der Waals surface area contributed by atoms with Crippen LogP contribution < -0.4 is 0 Å². The van der Waals surface area contributed by atoms with Gasteiger partial charge >= 0.3 is 14.5 Å². The number of hydrogen-bond donors (Lipinski definition) is 1. The molecule has 1 N–H and O–H groups in total. The van der Waals surface area contributed by atoms with Gasteiger partial charge in [-0.3, -0.25) is 0 Å². The molecule has 2 rings (SSSR count). The van der Waals surface area contributed by atoms with Gasteiger partial charge in [-0.05, 0) is 64.3 Å². The van der Waals surface area contributed by atoms with Crippen molar-refractivity contribution >= 4 is 32.7 Å². The first-order valence-electron chi connectivity index (χ1n) is 10.8. The Morgan fingerprint density at radius 1 is 1.24 bits per heavy atom. The summed E-state index contributed by atoms with van der Waals surface area (Å²) in [5.41, 5.74) is -0.275. The zero-order valence-electron chi connectivity index (χ0n) is 20.9. The number of carbonyl (C=O) groups excluding carboxylic acids is 1. The van der Waals surface area contributed by atoms with Gasteiger partial charge in [-0.15, -0.1) is 0 Å². The molecule has 1 aromatic carbocycles. The Kier molecular flexibility index (Phi) is 8.42. The predicted octanol–water partition coefficient (Wildman–Crippen LogP) is 3.48. The van der Waals surface area contributed by atoms with Gasteiger partial charge in [0.2, 0.25) is 9.84 Å². The van der Waals surface area contributed by atoms with Gasteiger partial charge in [0, 0.05) is 12.2 Å². The summed E-state index contributed by atoms with van der Waals surface area (Å²) < 4.78 is 43.4. The van der Waals surface area contributed by atoms with Crippen molar-refractivity contribution in [1.82, 2.24) is 4.90 Å². The maximum atomic E-state index is 13.3. The molecule has 0 radical (unpaired) electrons. The van der Waals surface area contributed by atoms with Gasteiger partial charge in [-0.25, -0.2) is 13.2 Å². The molecule has 1 aliphatic heterocycles. The molecule has 0 bridgehead atoms. The maximum absolute atomic E-state index is 13.3. The molecule has 1 saturated heterocycles. The minimum absolute atomic E-state index is 0.0418. The van der Waals surface area contributed by atoms with Crippen LogP contribution in [0.25, 0.3) is 0 Å². The molecule has 8 nitrogen and oxygen atoms in total. The SMILES string of the molecule is C=C(COC(=O)/C(=C\C=C1\OCC(C)(C)N1C)S(=O)(=O)c1ccccc1)[Si](C)(O)O[Si](C)(C)C. The number of esters is 1. The number of sulfone groups is 1. The van der Waals surface area contributed by atoms with Crippen LogP contribution in [0.4, 0.5) is 0 Å². The van der Waals surface area contributed by atoms with Crippen LogP contribution in [0.5, 0.6) is 0 Å². The molecule has 0 aromatic heterocycles. The van der Waals surface area contributed by atoms with E-state index in [0.29, 0.717) is 12.5 Å². The van der Waals surface area contributed by atoms with Crippen molar-refractivity contribution in [2.75, 3.05) is 20.3 Å². The molecular weight excluding hydrogens is 490 g/mol. The van der Waals surface area contributed by atoms with Crippen LogP contribution in [-0.2, 0) is 28.2 Å². The fraction of sp³-hybridized carbons (Fsp3) is 0.435. The first-order chi connectivity index (χ1) is 15.5. The lowest BCUT2D eigenvalue weighted by atomic mass is 10.1. The van der Waals surface area contributed by atoms with Crippen molar-refractivity contribution in [2.45, 2.75) is 50.5 Å². The maximum Gasteiger partial charge on any atom is 0.355 e. The second kappa shape index (κ2) is 10.2. The predicted molar refractivity (Wildman–Crippen MR) is 136 cm³/mol. The average Bonchev–Trinajstić information content (AvgIpc) is 2.97. The van der Waals surface area contributed by atoms with E-state index in [0.717, 1.165) is 0 Å². The number of allylic oxidation sites excluding steroid dienone is 2. The zero-order valence-corrected chi connectivity index (χ0v) is 23.7. The molecule has 11 heteroatoms. The first-order valence-corrected chi connectivity index (χ1v) is 18.1. The van der Waals surface area contributed by atoms with E-state index in [2.05, 4.69) is 6.58 Å². The molecule has 1 aromatic rings. The standard InChI is InChI=1S/C23H35NO7SSi2/c1-18(34(8,28)31-33(5,6)7)16-29-22(25)20(32(26,27)19-12-10-9-11-13-19)14-15-21-24(4)23(2,3)17-30-21/h9-15,28H,1,16-17H2,2-8H3/b20-14+,21-15+. The van der Waals surface area contributed by atoms with Crippen LogP contribution in [-0.4, -0.2) is 66.8 Å². The number of likely N-dealkylation sites (N-methyl/N-ethyl adjacent to an activating group) is 1. The van der Waals surface area contributed by atoms with E-state index in [1.54, 1.807) is 24.7 Å². The smallest absolute Gasteiger partial charge is 0.355 e. The van der Waals surface area contributed by atoms with Gasteiger partial charge in [0.1, 0.15) is 13.2 Å². The second-order valence-corrected chi connectivity index (χ2v) is 19.5. The van der Waals surface area contributed by atoms with Gasteiger partial charge in [0.25, 0.3) is 0 Å². The summed E-state index contributed by atoms with van der Waals surface area (Å²) in [7, 11) is -7.78. The average molecular weight is 526 g/mol. The van der Waals surface area contributed by atoms with E-state index in [1.807, 2.05) is 45.4 Å². The molecule has 0 saturated carbocycles. The lowest BCUT2D eigenvalue weighted by Gasteiger charge is -2.30. The van der Waals surface area contributed by atoms with Gasteiger partial charge in [0.15, 0.2) is 19.1 Å². The van der Waals surface area contributed by atoms with Crippen LogP contribution >= 0.6 is 0 Å². The zero-order chi connectivity index (χ0) is 25.9. The summed E-state index contributed by atoms with van der Waals surface area (Å²) in [6.45, 7) is 15.2. The Balaban J connectivity index is 2.35. The summed E-state index contributed by atoms with van der Waals surface area (Å²) >= 11 is 0. The number of rotatable bonds is 9. The minimum atomic E-state index is -4.19. The third kappa shape index (κ3) is 6.92. The Labute approximate surface area is 204 Å². The van der Waals surface area contributed by atoms with E-state index >= 15 is 0 Å². The molecule has 1 heterocycles. The number of ether oxygens (including phenoxy) is 2. The number of nitrogens with zero attached hydrogens (tertiary/aromatic N) is 1. The van der Waals surface area contributed by atoms with Crippen LogP contribution in [0.3, 0.4) is 0 Å². The number of hydrogen-bond acceptors (Lipinski definition) is 8. The summed E-state index contributed by atoms with van der Waals surface area (Å²) in [5.74, 6) is -0.624. The third-order valence-electron chi connectivity index (χ3n) is 5.27. The number of benzene rings is 1. The Bertz CT molecular complexity index is 1090. The summed E-state index contributed by atoms with van der Waals surface area (Å²) in [6.07, 6.45) is 2.63. The van der Waals surface area contributed by atoms with Crippen molar-refractivity contribution in [3.8, 4) is 0 Å². The van der Waals surface area contributed by atoms with Gasteiger partial charge in [-0.1, -0.05) is 24.8 Å². The summed E-state index contributed by atoms with van der Waals surface area (Å²) in [4.78, 5) is 25.0. The highest BCUT2D eigenvalue weighted by atomic mass is 32.2. The topological polar surface area (TPSA) is 102 Å². The minimum Gasteiger partial charge on any atom is -0.477 e. The fourth-order valence-corrected chi connectivity index (χ4v) is 10.1. The van der Waals surface area contributed by atoms with E-state index in [4.69, 9.17) is 13.6 Å². The van der Waals surface area contributed by atoms with Crippen molar-refractivity contribution < 1.29 is 31.6 Å². The van der Waals surface area contributed by atoms with Crippen LogP contribution in [0, 0.1) is 0 Å². The lowest BCUT2D eigenvalue weighted by Crippen LogP contribution is -2.47. The Morgan fingerprint density at radius 2 is 1.82 bits per heavy atom. The van der Waals surface area contributed by atoms with E-state index in [-0.39, 0.29) is 22.2 Å². The summed E-state index contributed by atoms with van der Waals surface area (Å²) in [5, 5.41) is 0.235. The Hall–Kier alpha value is -2.19. The van der Waals surface area contributed by atoms with Gasteiger partial charge < -0.3 is 23.3 Å². The van der Waals surface area contributed by atoms with E-state index in [9.17, 15) is 18.0 Å². The highest BCUT2D eigenvalue weighted by Crippen LogP contribution is 2.28. The first kappa shape index (κ1) is 28.1. The highest BCUT2D eigenvalue weighted by Gasteiger charge is 2.38. The summed E-state index contributed by atoms with van der Waals surface area (Å²) in [6, 6.07) is 7.64. The third-order valence-corrected chi connectivity index (χ3v) is 12.5. The van der Waals surface area contributed by atoms with E-state index < -0.39 is 37.6 Å². The van der Waals surface area contributed by atoms with Gasteiger partial charge in [-0.2, -0.15) is 0 Å². The van der Waals surface area contributed by atoms with E-state index in [1.165, 1.54) is 24.3 Å². The van der Waals surface area contributed by atoms with Crippen LogP contribution in [0.1, 0.15) is 13.8 Å². The fourth-order valence-electron chi connectivity index (χ4n) is 3.07. The van der Waals surface area contributed by atoms with Gasteiger partial charge in [0.05, 0.1) is 10.4 Å². The monoisotopic (exact) mass is 525 g/mol. The molecule has 1 aliphatic rings. The van der Waals surface area contributed by atoms with Crippen molar-refractivity contribution in [3.05, 3.63) is 65.0 Å². The molecule has 1 fully saturated rings. The molecule has 188 valence electrons. The quantitative estimate of drug-likeness (QED) is 0.297. The second-order valence-electron chi connectivity index (χ2n) is 9.89. The molecule has 0 aliphatic carbocycles. The molecule has 0 spiro atoms. The molecule has 1 atom stereocenters. The molecule has 34 heavy (non-hydrogen) atoms. The largest absolute Gasteiger partial charge is 0.477 e. The highest BCUT2D eigenvalue weighted by molar-refractivity contribution is 7.96. The number of carbonyl (C=O) groups is 1. The van der Waals surface area contributed by atoms with Crippen LogP contribution in [0.15, 0.2) is 69.9 Å².